The first-order valence-electron chi connectivity index (χ1n) is 9.87. The topological polar surface area (TPSA) is 65.1 Å². The van der Waals surface area contributed by atoms with Crippen LogP contribution in [0.25, 0.3) is 0 Å². The van der Waals surface area contributed by atoms with Crippen molar-refractivity contribution in [1.29, 1.82) is 0 Å². The van der Waals surface area contributed by atoms with Crippen molar-refractivity contribution in [3.63, 3.8) is 0 Å². The number of hydrogen-bond donors (Lipinski definition) is 1. The number of amides is 2. The number of ether oxygens (including phenoxy) is 1. The Balaban J connectivity index is 1.86. The van der Waals surface area contributed by atoms with Crippen molar-refractivity contribution in [3.05, 3.63) is 24.3 Å². The van der Waals surface area contributed by atoms with Crippen molar-refractivity contribution in [2.24, 2.45) is 5.41 Å². The Hall–Kier alpha value is -2.28. The second-order valence-corrected chi connectivity index (χ2v) is 8.02. The molecule has 28 heavy (non-hydrogen) atoms. The summed E-state index contributed by atoms with van der Waals surface area (Å²) in [5, 5.41) is 2.91. The Kier molecular flexibility index (Phi) is 7.69. The molecule has 1 aromatic carbocycles. The summed E-state index contributed by atoms with van der Waals surface area (Å²) in [7, 11) is 5.65. The van der Waals surface area contributed by atoms with Gasteiger partial charge in [0.15, 0.2) is 0 Å². The number of nitrogens with one attached hydrogen (secondary N) is 1. The van der Waals surface area contributed by atoms with E-state index in [-0.39, 0.29) is 11.8 Å². The van der Waals surface area contributed by atoms with E-state index in [1.165, 1.54) is 0 Å². The van der Waals surface area contributed by atoms with E-state index >= 15 is 0 Å². The molecule has 2 amide bonds. The SMILES string of the molecule is COc1ccc(N2CCN(C(=O)C(C)(C)C(=O)NCCCN(C)C)CC2)cc1. The molecule has 1 heterocycles. The van der Waals surface area contributed by atoms with Crippen LogP contribution < -0.4 is 15.0 Å². The first-order chi connectivity index (χ1) is 13.3. The second-order valence-electron chi connectivity index (χ2n) is 8.02. The zero-order chi connectivity index (χ0) is 20.7. The number of carbonyl (C=O) groups excluding carboxylic acids is 2. The van der Waals surface area contributed by atoms with E-state index in [2.05, 4.69) is 15.1 Å². The van der Waals surface area contributed by atoms with Crippen LogP contribution in [0.15, 0.2) is 24.3 Å². The van der Waals surface area contributed by atoms with Gasteiger partial charge in [-0.2, -0.15) is 0 Å². The third-order valence-electron chi connectivity index (χ3n) is 5.17. The molecule has 0 bridgehead atoms. The smallest absolute Gasteiger partial charge is 0.237 e. The predicted molar refractivity (Wildman–Crippen MR) is 112 cm³/mol. The molecule has 1 aliphatic rings. The monoisotopic (exact) mass is 390 g/mol. The van der Waals surface area contributed by atoms with Crippen molar-refractivity contribution in [3.8, 4) is 5.75 Å². The number of hydrogen-bond acceptors (Lipinski definition) is 5. The Morgan fingerprint density at radius 2 is 1.71 bits per heavy atom. The highest BCUT2D eigenvalue weighted by Crippen LogP contribution is 2.24. The fraction of sp³-hybridized carbons (Fsp3) is 0.619. The molecule has 2 rings (SSSR count). The maximum atomic E-state index is 13.0. The van der Waals surface area contributed by atoms with Gasteiger partial charge in [0.1, 0.15) is 11.2 Å². The fourth-order valence-corrected chi connectivity index (χ4v) is 3.27. The number of nitrogens with zero attached hydrogens (tertiary/aromatic N) is 3. The lowest BCUT2D eigenvalue weighted by atomic mass is 9.90. The number of carbonyl (C=O) groups is 2. The molecule has 1 aliphatic heterocycles. The van der Waals surface area contributed by atoms with Gasteiger partial charge in [-0.1, -0.05) is 0 Å². The van der Waals surface area contributed by atoms with Gasteiger partial charge in [0.25, 0.3) is 0 Å². The quantitative estimate of drug-likeness (QED) is 0.538. The standard InChI is InChI=1S/C21H34N4O3/c1-21(2,19(26)22-11-6-12-23(3)4)20(27)25-15-13-24(14-16-25)17-7-9-18(28-5)10-8-17/h7-10H,6,11-16H2,1-5H3,(H,22,26). The molecule has 0 aliphatic carbocycles. The Labute approximate surface area is 168 Å². The Morgan fingerprint density at radius 1 is 1.11 bits per heavy atom. The van der Waals surface area contributed by atoms with Crippen LogP contribution in [-0.2, 0) is 9.59 Å². The van der Waals surface area contributed by atoms with E-state index in [4.69, 9.17) is 4.74 Å². The normalized spacial score (nSPS) is 14.9. The molecule has 0 saturated carbocycles. The Morgan fingerprint density at radius 3 is 2.25 bits per heavy atom. The summed E-state index contributed by atoms with van der Waals surface area (Å²) in [6, 6.07) is 7.94. The molecule has 1 saturated heterocycles. The Bertz CT molecular complexity index is 650. The maximum Gasteiger partial charge on any atom is 0.237 e. The van der Waals surface area contributed by atoms with Crippen LogP contribution in [0, 0.1) is 5.41 Å². The lowest BCUT2D eigenvalue weighted by molar-refractivity contribution is -0.148. The van der Waals surface area contributed by atoms with Crippen LogP contribution in [0.1, 0.15) is 20.3 Å². The molecule has 0 unspecified atom stereocenters. The van der Waals surface area contributed by atoms with E-state index in [0.717, 1.165) is 37.5 Å². The van der Waals surface area contributed by atoms with Gasteiger partial charge >= 0.3 is 0 Å². The molecule has 156 valence electrons. The maximum absolute atomic E-state index is 13.0. The van der Waals surface area contributed by atoms with E-state index in [0.29, 0.717) is 19.6 Å². The van der Waals surface area contributed by atoms with Crippen molar-refractivity contribution < 1.29 is 14.3 Å². The van der Waals surface area contributed by atoms with Gasteiger partial charge in [0.05, 0.1) is 7.11 Å². The summed E-state index contributed by atoms with van der Waals surface area (Å²) in [5.74, 6) is 0.525. The molecular weight excluding hydrogens is 356 g/mol. The highest BCUT2D eigenvalue weighted by atomic mass is 16.5. The molecule has 0 atom stereocenters. The largest absolute Gasteiger partial charge is 0.497 e. The van der Waals surface area contributed by atoms with E-state index in [1.807, 2.05) is 38.4 Å². The number of rotatable bonds is 8. The fourth-order valence-electron chi connectivity index (χ4n) is 3.27. The molecule has 0 radical (unpaired) electrons. The lowest BCUT2D eigenvalue weighted by Gasteiger charge is -2.39. The zero-order valence-corrected chi connectivity index (χ0v) is 17.8. The van der Waals surface area contributed by atoms with E-state index in [9.17, 15) is 9.59 Å². The van der Waals surface area contributed by atoms with Crippen LogP contribution in [0.2, 0.25) is 0 Å². The third kappa shape index (κ3) is 5.61. The molecular formula is C21H34N4O3. The van der Waals surface area contributed by atoms with Gasteiger partial charge in [0, 0.05) is 38.4 Å². The van der Waals surface area contributed by atoms with Crippen molar-refractivity contribution in [1.82, 2.24) is 15.1 Å². The zero-order valence-electron chi connectivity index (χ0n) is 17.8. The van der Waals surface area contributed by atoms with Gasteiger partial charge in [-0.15, -0.1) is 0 Å². The van der Waals surface area contributed by atoms with Gasteiger partial charge in [-0.25, -0.2) is 0 Å². The summed E-state index contributed by atoms with van der Waals surface area (Å²) in [6.45, 7) is 7.64. The van der Waals surface area contributed by atoms with E-state index in [1.54, 1.807) is 25.9 Å². The minimum atomic E-state index is -1.06. The summed E-state index contributed by atoms with van der Waals surface area (Å²) < 4.78 is 5.20. The third-order valence-corrected chi connectivity index (χ3v) is 5.17. The summed E-state index contributed by atoms with van der Waals surface area (Å²) >= 11 is 0. The van der Waals surface area contributed by atoms with Gasteiger partial charge in [-0.3, -0.25) is 9.59 Å². The number of anilines is 1. The number of methoxy groups -OCH3 is 1. The highest BCUT2D eigenvalue weighted by Gasteiger charge is 2.39. The second kappa shape index (κ2) is 9.78. The molecule has 0 aromatic heterocycles. The van der Waals surface area contributed by atoms with Crippen LogP contribution in [0.5, 0.6) is 5.75 Å². The molecule has 0 spiro atoms. The molecule has 1 fully saturated rings. The first-order valence-corrected chi connectivity index (χ1v) is 9.87. The van der Waals surface area contributed by atoms with Gasteiger partial charge < -0.3 is 24.8 Å². The van der Waals surface area contributed by atoms with Crippen molar-refractivity contribution in [2.45, 2.75) is 20.3 Å². The van der Waals surface area contributed by atoms with E-state index < -0.39 is 5.41 Å². The summed E-state index contributed by atoms with van der Waals surface area (Å²) in [5.41, 5.74) is 0.0613. The summed E-state index contributed by atoms with van der Waals surface area (Å²) in [4.78, 5) is 31.6. The first kappa shape index (κ1) is 22.0. The van der Waals surface area contributed by atoms with Gasteiger partial charge in [0.2, 0.25) is 11.8 Å². The molecule has 1 N–H and O–H groups in total. The van der Waals surface area contributed by atoms with Crippen LogP contribution in [0.3, 0.4) is 0 Å². The van der Waals surface area contributed by atoms with Gasteiger partial charge in [-0.05, 0) is 65.2 Å². The molecule has 7 heteroatoms. The predicted octanol–water partition coefficient (Wildman–Crippen LogP) is 1.44. The number of benzene rings is 1. The van der Waals surface area contributed by atoms with Crippen LogP contribution in [0.4, 0.5) is 5.69 Å². The highest BCUT2D eigenvalue weighted by molar-refractivity contribution is 6.04. The summed E-state index contributed by atoms with van der Waals surface area (Å²) in [6.07, 6.45) is 0.865. The molecule has 1 aromatic rings. The molecule has 7 nitrogen and oxygen atoms in total. The number of piperazine rings is 1. The lowest BCUT2D eigenvalue weighted by Crippen LogP contribution is -2.55. The average Bonchev–Trinajstić information content (AvgIpc) is 2.70. The minimum absolute atomic E-state index is 0.105. The van der Waals surface area contributed by atoms with Crippen LogP contribution >= 0.6 is 0 Å². The minimum Gasteiger partial charge on any atom is -0.497 e. The van der Waals surface area contributed by atoms with Crippen LogP contribution in [-0.4, -0.2) is 82.1 Å². The van der Waals surface area contributed by atoms with Crippen molar-refractivity contribution >= 4 is 17.5 Å². The average molecular weight is 391 g/mol. The van der Waals surface area contributed by atoms with Crippen molar-refractivity contribution in [2.75, 3.05) is 65.4 Å².